The Hall–Kier alpha value is -2.64. The Morgan fingerprint density at radius 1 is 1.12 bits per heavy atom. The molecule has 0 saturated carbocycles. The summed E-state index contributed by atoms with van der Waals surface area (Å²) in [5.74, 6) is 0.454. The minimum atomic E-state index is -3.58. The predicted molar refractivity (Wildman–Crippen MR) is 92.2 cm³/mol. The van der Waals surface area contributed by atoms with E-state index in [1.54, 1.807) is 31.4 Å². The summed E-state index contributed by atoms with van der Waals surface area (Å²) in [6.07, 6.45) is 1.72. The van der Waals surface area contributed by atoms with Crippen molar-refractivity contribution in [1.82, 2.24) is 4.72 Å². The van der Waals surface area contributed by atoms with Gasteiger partial charge in [-0.1, -0.05) is 12.1 Å². The highest BCUT2D eigenvalue weighted by atomic mass is 32.2. The van der Waals surface area contributed by atoms with E-state index in [2.05, 4.69) is 10.0 Å². The molecule has 2 aromatic rings. The molecule has 1 amide bonds. The lowest BCUT2D eigenvalue weighted by Crippen LogP contribution is -2.18. The van der Waals surface area contributed by atoms with Gasteiger partial charge in [-0.15, -0.1) is 0 Å². The molecule has 0 radical (unpaired) electrons. The first-order valence-corrected chi connectivity index (χ1v) is 8.68. The highest BCUT2D eigenvalue weighted by Gasteiger charge is 2.26. The molecule has 0 fully saturated rings. The van der Waals surface area contributed by atoms with Crippen LogP contribution in [0.3, 0.4) is 0 Å². The minimum absolute atomic E-state index is 0.112. The lowest BCUT2D eigenvalue weighted by atomic mass is 10.0. The van der Waals surface area contributed by atoms with E-state index in [0.29, 0.717) is 16.8 Å². The monoisotopic (exact) mass is 344 g/mol. The standard InChI is InChI=1S/C17H16N2O4S/c1-18-24(21,22)13-7-8-16-14(10-13)15(17(20)19-16)9-11-3-5-12(23-2)6-4-11/h3-10,18H,1-2H3,(H,19,20). The van der Waals surface area contributed by atoms with Gasteiger partial charge in [-0.05, 0) is 49.0 Å². The molecule has 24 heavy (non-hydrogen) atoms. The van der Waals surface area contributed by atoms with E-state index < -0.39 is 10.0 Å². The van der Waals surface area contributed by atoms with Crippen molar-refractivity contribution in [2.24, 2.45) is 0 Å². The van der Waals surface area contributed by atoms with Crippen molar-refractivity contribution in [2.45, 2.75) is 4.90 Å². The molecule has 1 heterocycles. The van der Waals surface area contributed by atoms with Crippen LogP contribution in [-0.4, -0.2) is 28.5 Å². The molecule has 0 atom stereocenters. The highest BCUT2D eigenvalue weighted by Crippen LogP contribution is 2.34. The van der Waals surface area contributed by atoms with Gasteiger partial charge in [0, 0.05) is 16.8 Å². The van der Waals surface area contributed by atoms with Gasteiger partial charge < -0.3 is 10.1 Å². The summed E-state index contributed by atoms with van der Waals surface area (Å²) in [7, 11) is -0.647. The first-order chi connectivity index (χ1) is 11.4. The first-order valence-electron chi connectivity index (χ1n) is 7.19. The van der Waals surface area contributed by atoms with Crippen LogP contribution in [0, 0.1) is 0 Å². The summed E-state index contributed by atoms with van der Waals surface area (Å²) in [6, 6.07) is 11.8. The summed E-state index contributed by atoms with van der Waals surface area (Å²) in [6.45, 7) is 0. The molecule has 0 spiro atoms. The largest absolute Gasteiger partial charge is 0.497 e. The van der Waals surface area contributed by atoms with E-state index >= 15 is 0 Å². The normalized spacial score (nSPS) is 15.2. The third-order valence-electron chi connectivity index (χ3n) is 3.78. The zero-order valence-corrected chi connectivity index (χ0v) is 14.0. The zero-order valence-electron chi connectivity index (χ0n) is 13.2. The van der Waals surface area contributed by atoms with Crippen LogP contribution in [-0.2, 0) is 14.8 Å². The smallest absolute Gasteiger partial charge is 0.256 e. The third-order valence-corrected chi connectivity index (χ3v) is 5.19. The topological polar surface area (TPSA) is 84.5 Å². The average molecular weight is 344 g/mol. The fourth-order valence-electron chi connectivity index (χ4n) is 2.46. The number of hydrogen-bond acceptors (Lipinski definition) is 4. The summed E-state index contributed by atoms with van der Waals surface area (Å²) in [4.78, 5) is 12.3. The van der Waals surface area contributed by atoms with Gasteiger partial charge in [0.15, 0.2) is 0 Å². The van der Waals surface area contributed by atoms with E-state index in [-0.39, 0.29) is 10.8 Å². The summed E-state index contributed by atoms with van der Waals surface area (Å²) < 4.78 is 31.3. The second-order valence-corrected chi connectivity index (χ2v) is 7.09. The molecular weight excluding hydrogens is 328 g/mol. The molecule has 2 aromatic carbocycles. The van der Waals surface area contributed by atoms with Crippen molar-refractivity contribution in [3.05, 3.63) is 53.6 Å². The van der Waals surface area contributed by atoms with Crippen molar-refractivity contribution in [1.29, 1.82) is 0 Å². The predicted octanol–water partition coefficient (Wildman–Crippen LogP) is 2.10. The SMILES string of the molecule is CNS(=O)(=O)c1ccc2c(c1)C(=Cc1ccc(OC)cc1)C(=O)N2. The summed E-state index contributed by atoms with van der Waals surface area (Å²) in [5.41, 5.74) is 2.39. The van der Waals surface area contributed by atoms with Crippen molar-refractivity contribution in [3.63, 3.8) is 0 Å². The molecule has 0 saturated heterocycles. The minimum Gasteiger partial charge on any atom is -0.497 e. The number of rotatable bonds is 4. The van der Waals surface area contributed by atoms with E-state index in [1.807, 2.05) is 12.1 Å². The second-order valence-electron chi connectivity index (χ2n) is 5.20. The van der Waals surface area contributed by atoms with E-state index in [1.165, 1.54) is 19.2 Å². The van der Waals surface area contributed by atoms with E-state index in [0.717, 1.165) is 11.3 Å². The molecule has 3 rings (SSSR count). The van der Waals surface area contributed by atoms with Crippen molar-refractivity contribution < 1.29 is 17.9 Å². The molecular formula is C17H16N2O4S. The van der Waals surface area contributed by atoms with Crippen LogP contribution in [0.15, 0.2) is 47.4 Å². The number of methoxy groups -OCH3 is 1. The third kappa shape index (κ3) is 2.91. The zero-order chi connectivity index (χ0) is 17.3. The maximum absolute atomic E-state index is 12.2. The lowest BCUT2D eigenvalue weighted by molar-refractivity contribution is -0.110. The molecule has 1 aliphatic rings. The number of benzene rings is 2. The summed E-state index contributed by atoms with van der Waals surface area (Å²) in [5, 5.41) is 2.74. The molecule has 0 bridgehead atoms. The van der Waals surface area contributed by atoms with Gasteiger partial charge in [-0.2, -0.15) is 0 Å². The van der Waals surface area contributed by atoms with Crippen molar-refractivity contribution in [3.8, 4) is 5.75 Å². The lowest BCUT2D eigenvalue weighted by Gasteiger charge is -2.05. The fourth-order valence-corrected chi connectivity index (χ4v) is 3.22. The van der Waals surface area contributed by atoms with Crippen LogP contribution in [0.4, 0.5) is 5.69 Å². The Labute approximate surface area is 140 Å². The van der Waals surface area contributed by atoms with Crippen molar-refractivity contribution in [2.75, 3.05) is 19.5 Å². The quantitative estimate of drug-likeness (QED) is 0.832. The Morgan fingerprint density at radius 2 is 1.83 bits per heavy atom. The number of anilines is 1. The maximum Gasteiger partial charge on any atom is 0.256 e. The summed E-state index contributed by atoms with van der Waals surface area (Å²) >= 11 is 0. The number of nitrogens with one attached hydrogen (secondary N) is 2. The molecule has 7 heteroatoms. The van der Waals surface area contributed by atoms with Crippen LogP contribution in [0.1, 0.15) is 11.1 Å². The van der Waals surface area contributed by atoms with Gasteiger partial charge >= 0.3 is 0 Å². The highest BCUT2D eigenvalue weighted by molar-refractivity contribution is 7.89. The number of carbonyl (C=O) groups is 1. The Balaban J connectivity index is 2.06. The molecule has 1 aliphatic heterocycles. The molecule has 0 aliphatic carbocycles. The van der Waals surface area contributed by atoms with Gasteiger partial charge in [0.2, 0.25) is 10.0 Å². The first kappa shape index (κ1) is 16.2. The fraction of sp³-hybridized carbons (Fsp3) is 0.118. The Bertz CT molecular complexity index is 932. The average Bonchev–Trinajstić information content (AvgIpc) is 2.90. The molecule has 0 unspecified atom stereocenters. The van der Waals surface area contributed by atoms with Gasteiger partial charge in [0.25, 0.3) is 5.91 Å². The van der Waals surface area contributed by atoms with Crippen LogP contribution < -0.4 is 14.8 Å². The number of fused-ring (bicyclic) bond motifs is 1. The van der Waals surface area contributed by atoms with Crippen LogP contribution >= 0.6 is 0 Å². The van der Waals surface area contributed by atoms with Gasteiger partial charge in [-0.25, -0.2) is 13.1 Å². The molecule has 6 nitrogen and oxygen atoms in total. The number of sulfonamides is 1. The van der Waals surface area contributed by atoms with Crippen molar-refractivity contribution >= 4 is 33.3 Å². The number of amides is 1. The van der Waals surface area contributed by atoms with Gasteiger partial charge in [-0.3, -0.25) is 4.79 Å². The number of carbonyl (C=O) groups excluding carboxylic acids is 1. The van der Waals surface area contributed by atoms with Crippen LogP contribution in [0.2, 0.25) is 0 Å². The maximum atomic E-state index is 12.2. The number of hydrogen-bond donors (Lipinski definition) is 2. The Kier molecular flexibility index (Phi) is 4.13. The Morgan fingerprint density at radius 3 is 2.46 bits per heavy atom. The van der Waals surface area contributed by atoms with Gasteiger partial charge in [0.05, 0.1) is 12.0 Å². The second kappa shape index (κ2) is 6.10. The van der Waals surface area contributed by atoms with Crippen LogP contribution in [0.5, 0.6) is 5.75 Å². The molecule has 124 valence electrons. The van der Waals surface area contributed by atoms with E-state index in [9.17, 15) is 13.2 Å². The van der Waals surface area contributed by atoms with Crippen LogP contribution in [0.25, 0.3) is 11.6 Å². The number of ether oxygens (including phenoxy) is 1. The molecule has 2 N–H and O–H groups in total. The van der Waals surface area contributed by atoms with E-state index in [4.69, 9.17) is 4.74 Å². The molecule has 0 aromatic heterocycles. The van der Waals surface area contributed by atoms with Gasteiger partial charge in [0.1, 0.15) is 5.75 Å².